The van der Waals surface area contributed by atoms with Gasteiger partial charge in [0.05, 0.1) is 6.20 Å². The predicted molar refractivity (Wildman–Crippen MR) is 100 cm³/mol. The van der Waals surface area contributed by atoms with E-state index in [-0.39, 0.29) is 11.5 Å². The standard InChI is InChI=1S/C17H18Cl2N4O3/c1-11(14(23-25-3)16(24)20-2)15(26-13-9-10-21-22-13)17(18,19)12-7-5-4-6-8-12/h4-10H,1-3H3,(H,20,24)(H,21,22). The average Bonchev–Trinajstić information content (AvgIpc) is 3.17. The molecular weight excluding hydrogens is 379 g/mol. The molecular formula is C17H18Cl2N4O3. The van der Waals surface area contributed by atoms with Crippen molar-refractivity contribution in [2.45, 2.75) is 11.3 Å². The van der Waals surface area contributed by atoms with Crippen molar-refractivity contribution in [3.05, 3.63) is 59.5 Å². The van der Waals surface area contributed by atoms with E-state index in [1.54, 1.807) is 37.3 Å². The van der Waals surface area contributed by atoms with Crippen LogP contribution >= 0.6 is 23.2 Å². The van der Waals surface area contributed by atoms with Crippen LogP contribution in [-0.4, -0.2) is 36.0 Å². The summed E-state index contributed by atoms with van der Waals surface area (Å²) in [4.78, 5) is 17.0. The molecule has 0 bridgehead atoms. The van der Waals surface area contributed by atoms with E-state index in [1.807, 2.05) is 6.07 Å². The highest BCUT2D eigenvalue weighted by Crippen LogP contribution is 2.43. The Labute approximate surface area is 161 Å². The molecule has 7 nitrogen and oxygen atoms in total. The number of hydrogen-bond donors (Lipinski definition) is 2. The molecule has 9 heteroatoms. The van der Waals surface area contributed by atoms with Gasteiger partial charge in [0, 0.05) is 18.7 Å². The van der Waals surface area contributed by atoms with Crippen molar-refractivity contribution in [2.24, 2.45) is 5.16 Å². The van der Waals surface area contributed by atoms with Gasteiger partial charge in [-0.1, -0.05) is 58.7 Å². The molecule has 0 fully saturated rings. The van der Waals surface area contributed by atoms with Crippen LogP contribution in [0.5, 0.6) is 5.88 Å². The molecule has 0 radical (unpaired) electrons. The largest absolute Gasteiger partial charge is 0.440 e. The number of aromatic amines is 1. The number of halogens is 2. The summed E-state index contributed by atoms with van der Waals surface area (Å²) in [5.74, 6) is -0.0856. The molecule has 0 spiro atoms. The molecule has 0 aliphatic heterocycles. The van der Waals surface area contributed by atoms with Crippen LogP contribution in [0.4, 0.5) is 0 Å². The number of carbonyl (C=O) groups is 1. The number of alkyl halides is 2. The summed E-state index contributed by atoms with van der Waals surface area (Å²) in [6, 6.07) is 10.5. The maximum absolute atomic E-state index is 12.2. The van der Waals surface area contributed by atoms with Crippen LogP contribution in [0.15, 0.2) is 59.1 Å². The van der Waals surface area contributed by atoms with Crippen molar-refractivity contribution >= 4 is 34.8 Å². The summed E-state index contributed by atoms with van der Waals surface area (Å²) in [5.41, 5.74) is 0.839. The van der Waals surface area contributed by atoms with E-state index in [2.05, 4.69) is 20.7 Å². The van der Waals surface area contributed by atoms with Crippen LogP contribution in [0, 0.1) is 0 Å². The number of benzene rings is 1. The number of carbonyl (C=O) groups excluding carboxylic acids is 1. The Morgan fingerprint density at radius 3 is 2.50 bits per heavy atom. The fraction of sp³-hybridized carbons (Fsp3) is 0.235. The number of rotatable bonds is 7. The SMILES string of the molecule is CNC(=O)C(=NOC)C(C)=C(Oc1ccn[nH]1)C(Cl)(Cl)c1ccccc1. The minimum Gasteiger partial charge on any atom is -0.440 e. The van der Waals surface area contributed by atoms with E-state index >= 15 is 0 Å². The number of oxime groups is 1. The third-order valence-electron chi connectivity index (χ3n) is 3.43. The van der Waals surface area contributed by atoms with Crippen LogP contribution in [0.2, 0.25) is 0 Å². The smallest absolute Gasteiger partial charge is 0.273 e. The van der Waals surface area contributed by atoms with Gasteiger partial charge in [-0.05, 0) is 12.5 Å². The molecule has 1 amide bonds. The lowest BCUT2D eigenvalue weighted by molar-refractivity contribution is -0.114. The van der Waals surface area contributed by atoms with Crippen molar-refractivity contribution in [3.8, 4) is 5.88 Å². The first-order valence-corrected chi connectivity index (χ1v) is 8.33. The zero-order valence-corrected chi connectivity index (χ0v) is 15.9. The zero-order valence-electron chi connectivity index (χ0n) is 14.4. The number of allylic oxidation sites excluding steroid dienone is 1. The topological polar surface area (TPSA) is 88.6 Å². The second-order valence-corrected chi connectivity index (χ2v) is 6.45. The van der Waals surface area contributed by atoms with E-state index in [4.69, 9.17) is 32.8 Å². The van der Waals surface area contributed by atoms with Gasteiger partial charge in [0.1, 0.15) is 7.11 Å². The van der Waals surface area contributed by atoms with Crippen LogP contribution in [-0.2, 0) is 14.0 Å². The van der Waals surface area contributed by atoms with Gasteiger partial charge in [-0.25, -0.2) is 5.10 Å². The summed E-state index contributed by atoms with van der Waals surface area (Å²) >= 11 is 13.3. The van der Waals surface area contributed by atoms with Gasteiger partial charge >= 0.3 is 0 Å². The Kier molecular flexibility index (Phi) is 6.65. The molecule has 2 N–H and O–H groups in total. The van der Waals surface area contributed by atoms with Crippen LogP contribution in [0.25, 0.3) is 0 Å². The first-order chi connectivity index (χ1) is 12.4. The fourth-order valence-corrected chi connectivity index (χ4v) is 2.77. The molecule has 0 saturated heterocycles. The monoisotopic (exact) mass is 396 g/mol. The molecule has 0 atom stereocenters. The Morgan fingerprint density at radius 2 is 1.96 bits per heavy atom. The van der Waals surface area contributed by atoms with Gasteiger partial charge in [-0.2, -0.15) is 5.10 Å². The molecule has 138 valence electrons. The van der Waals surface area contributed by atoms with Crippen molar-refractivity contribution in [3.63, 3.8) is 0 Å². The summed E-state index contributed by atoms with van der Waals surface area (Å²) in [5, 5.41) is 12.8. The Balaban J connectivity index is 2.63. The zero-order chi connectivity index (χ0) is 19.2. The van der Waals surface area contributed by atoms with E-state index in [0.29, 0.717) is 17.0 Å². The summed E-state index contributed by atoms with van der Waals surface area (Å²) in [7, 11) is 2.81. The normalized spacial score (nSPS) is 13.0. The molecule has 2 aromatic rings. The van der Waals surface area contributed by atoms with E-state index in [0.717, 1.165) is 0 Å². The molecule has 0 unspecified atom stereocenters. The number of amides is 1. The van der Waals surface area contributed by atoms with Crippen molar-refractivity contribution in [2.75, 3.05) is 14.2 Å². The van der Waals surface area contributed by atoms with Crippen molar-refractivity contribution in [1.82, 2.24) is 15.5 Å². The van der Waals surface area contributed by atoms with Crippen LogP contribution in [0.3, 0.4) is 0 Å². The number of nitrogens with zero attached hydrogens (tertiary/aromatic N) is 2. The predicted octanol–water partition coefficient (Wildman–Crippen LogP) is 3.14. The van der Waals surface area contributed by atoms with Gasteiger partial charge in [0.15, 0.2) is 11.5 Å². The van der Waals surface area contributed by atoms with E-state index < -0.39 is 10.2 Å². The number of aromatic nitrogens is 2. The quantitative estimate of drug-likeness (QED) is 0.325. The third kappa shape index (κ3) is 4.36. The van der Waals surface area contributed by atoms with Gasteiger partial charge in [-0.3, -0.25) is 4.79 Å². The van der Waals surface area contributed by atoms with Crippen molar-refractivity contribution in [1.29, 1.82) is 0 Å². The molecule has 0 aliphatic carbocycles. The molecule has 0 aliphatic rings. The second kappa shape index (κ2) is 8.73. The highest BCUT2D eigenvalue weighted by Gasteiger charge is 2.37. The van der Waals surface area contributed by atoms with E-state index in [1.165, 1.54) is 20.4 Å². The van der Waals surface area contributed by atoms with Gasteiger partial charge in [0.2, 0.25) is 10.2 Å². The highest BCUT2D eigenvalue weighted by atomic mass is 35.5. The molecule has 1 aromatic heterocycles. The van der Waals surface area contributed by atoms with Gasteiger partial charge < -0.3 is 14.9 Å². The number of H-pyrrole nitrogens is 1. The lowest BCUT2D eigenvalue weighted by atomic mass is 10.0. The first-order valence-electron chi connectivity index (χ1n) is 7.57. The number of hydrogen-bond acceptors (Lipinski definition) is 5. The first kappa shape index (κ1) is 19.8. The van der Waals surface area contributed by atoms with Crippen LogP contribution < -0.4 is 10.1 Å². The maximum Gasteiger partial charge on any atom is 0.273 e. The minimum absolute atomic E-state index is 0.0221. The van der Waals surface area contributed by atoms with E-state index in [9.17, 15) is 4.79 Å². The molecule has 26 heavy (non-hydrogen) atoms. The lowest BCUT2D eigenvalue weighted by Gasteiger charge is -2.25. The molecule has 2 rings (SSSR count). The fourth-order valence-electron chi connectivity index (χ4n) is 2.16. The summed E-state index contributed by atoms with van der Waals surface area (Å²) < 4.78 is 4.24. The average molecular weight is 397 g/mol. The number of nitrogens with one attached hydrogen (secondary N) is 2. The second-order valence-electron chi connectivity index (χ2n) is 5.12. The third-order valence-corrected chi connectivity index (χ3v) is 4.21. The lowest BCUT2D eigenvalue weighted by Crippen LogP contribution is -2.32. The Morgan fingerprint density at radius 1 is 1.27 bits per heavy atom. The molecule has 1 heterocycles. The Bertz CT molecular complexity index is 803. The van der Waals surface area contributed by atoms with Crippen LogP contribution in [0.1, 0.15) is 12.5 Å². The van der Waals surface area contributed by atoms with Gasteiger partial charge in [-0.15, -0.1) is 0 Å². The van der Waals surface area contributed by atoms with Crippen molar-refractivity contribution < 1.29 is 14.4 Å². The highest BCUT2D eigenvalue weighted by molar-refractivity contribution is 6.51. The minimum atomic E-state index is -1.60. The number of ether oxygens (including phenoxy) is 1. The maximum atomic E-state index is 12.2. The molecule has 0 saturated carbocycles. The summed E-state index contributed by atoms with van der Waals surface area (Å²) in [6.07, 6.45) is 1.51. The Hall–Kier alpha value is -2.51. The van der Waals surface area contributed by atoms with Gasteiger partial charge in [0.25, 0.3) is 5.91 Å². The molecule has 1 aromatic carbocycles. The summed E-state index contributed by atoms with van der Waals surface area (Å²) in [6.45, 7) is 1.61.